The van der Waals surface area contributed by atoms with Crippen LogP contribution in [0.3, 0.4) is 0 Å². The van der Waals surface area contributed by atoms with Gasteiger partial charge in [-0.3, -0.25) is 9.59 Å². The van der Waals surface area contributed by atoms with Crippen molar-refractivity contribution in [1.82, 2.24) is 20.0 Å². The number of hydrogen-bond donors (Lipinski definition) is 1. The van der Waals surface area contributed by atoms with Crippen LogP contribution in [-0.4, -0.2) is 64.5 Å². The summed E-state index contributed by atoms with van der Waals surface area (Å²) in [6.07, 6.45) is 4.70. The van der Waals surface area contributed by atoms with Crippen LogP contribution in [0.5, 0.6) is 0 Å². The molecule has 2 aliphatic heterocycles. The molecule has 2 saturated heterocycles. The van der Waals surface area contributed by atoms with Crippen LogP contribution in [-0.2, 0) is 16.0 Å². The number of nitrogens with zero attached hydrogens (tertiary/aromatic N) is 4. The zero-order valence-electron chi connectivity index (χ0n) is 14.9. The van der Waals surface area contributed by atoms with E-state index in [1.54, 1.807) is 6.92 Å². The highest BCUT2D eigenvalue weighted by atomic mass is 16.2. The highest BCUT2D eigenvalue weighted by molar-refractivity contribution is 5.78. The highest BCUT2D eigenvalue weighted by Crippen LogP contribution is 2.20. The van der Waals surface area contributed by atoms with Gasteiger partial charge in [-0.05, 0) is 43.7 Å². The van der Waals surface area contributed by atoms with Crippen LogP contribution < -0.4 is 5.32 Å². The average Bonchev–Trinajstić information content (AvgIpc) is 3.02. The molecule has 2 fully saturated rings. The van der Waals surface area contributed by atoms with Gasteiger partial charge in [0.25, 0.3) is 0 Å². The Bertz CT molecular complexity index is 604. The van der Waals surface area contributed by atoms with Gasteiger partial charge in [0.2, 0.25) is 11.8 Å². The van der Waals surface area contributed by atoms with E-state index < -0.39 is 0 Å². The van der Waals surface area contributed by atoms with Crippen molar-refractivity contribution in [3.05, 3.63) is 17.8 Å². The largest absolute Gasteiger partial charge is 0.367 e. The van der Waals surface area contributed by atoms with E-state index in [-0.39, 0.29) is 11.8 Å². The Kier molecular flexibility index (Phi) is 5.83. The first-order chi connectivity index (χ1) is 12.1. The molecule has 0 spiro atoms. The summed E-state index contributed by atoms with van der Waals surface area (Å²) in [7, 11) is 0. The molecule has 136 valence electrons. The van der Waals surface area contributed by atoms with Crippen LogP contribution in [0.2, 0.25) is 0 Å². The molecule has 0 bridgehead atoms. The number of aromatic nitrogens is 2. The van der Waals surface area contributed by atoms with Gasteiger partial charge in [0.1, 0.15) is 5.82 Å². The molecule has 1 aromatic heterocycles. The maximum absolute atomic E-state index is 11.6. The van der Waals surface area contributed by atoms with Crippen molar-refractivity contribution >= 4 is 17.6 Å². The molecule has 7 heteroatoms. The Labute approximate surface area is 148 Å². The van der Waals surface area contributed by atoms with Gasteiger partial charge in [-0.25, -0.2) is 0 Å². The third-order valence-corrected chi connectivity index (χ3v) is 5.04. The van der Waals surface area contributed by atoms with Gasteiger partial charge < -0.3 is 15.1 Å². The summed E-state index contributed by atoms with van der Waals surface area (Å²) in [5.41, 5.74) is 0.968. The molecule has 0 aromatic carbocycles. The van der Waals surface area contributed by atoms with Crippen molar-refractivity contribution in [1.29, 1.82) is 0 Å². The molecule has 3 heterocycles. The molecule has 0 radical (unpaired) electrons. The molecular weight excluding hydrogens is 318 g/mol. The molecule has 7 nitrogen and oxygen atoms in total. The summed E-state index contributed by atoms with van der Waals surface area (Å²) in [5, 5.41) is 11.8. The second kappa shape index (κ2) is 8.27. The highest BCUT2D eigenvalue weighted by Gasteiger charge is 2.22. The number of piperidine rings is 1. The molecule has 1 aromatic rings. The Morgan fingerprint density at radius 3 is 2.84 bits per heavy atom. The summed E-state index contributed by atoms with van der Waals surface area (Å²) < 4.78 is 0. The fourth-order valence-electron chi connectivity index (χ4n) is 3.64. The molecule has 0 saturated carbocycles. The Hall–Kier alpha value is -2.18. The molecule has 0 unspecified atom stereocenters. The van der Waals surface area contributed by atoms with Crippen molar-refractivity contribution in [3.8, 4) is 0 Å². The maximum Gasteiger partial charge on any atom is 0.222 e. The van der Waals surface area contributed by atoms with Gasteiger partial charge in [0.15, 0.2) is 0 Å². The molecule has 2 aliphatic rings. The molecule has 3 rings (SSSR count). The first kappa shape index (κ1) is 17.6. The molecule has 0 aliphatic carbocycles. The SMILES string of the molecule is CC(=O)N1CCC[C@@H](Cc2ccc(NCCN3CCCC3=O)nn2)C1. The second-order valence-electron chi connectivity index (χ2n) is 7.00. The maximum atomic E-state index is 11.6. The van der Waals surface area contributed by atoms with Gasteiger partial charge >= 0.3 is 0 Å². The lowest BCUT2D eigenvalue weighted by atomic mass is 9.93. The Morgan fingerprint density at radius 1 is 1.28 bits per heavy atom. The van der Waals surface area contributed by atoms with Gasteiger partial charge in [0.05, 0.1) is 5.69 Å². The summed E-state index contributed by atoms with van der Waals surface area (Å²) >= 11 is 0. The molecule has 1 N–H and O–H groups in total. The first-order valence-corrected chi connectivity index (χ1v) is 9.21. The van der Waals surface area contributed by atoms with Crippen LogP contribution in [0.4, 0.5) is 5.82 Å². The number of nitrogens with one attached hydrogen (secondary N) is 1. The lowest BCUT2D eigenvalue weighted by Gasteiger charge is -2.31. The molecule has 25 heavy (non-hydrogen) atoms. The summed E-state index contributed by atoms with van der Waals surface area (Å²) in [5.74, 6) is 1.61. The van der Waals surface area contributed by atoms with Crippen molar-refractivity contribution < 1.29 is 9.59 Å². The number of amides is 2. The van der Waals surface area contributed by atoms with Gasteiger partial charge in [-0.15, -0.1) is 5.10 Å². The van der Waals surface area contributed by atoms with Gasteiger partial charge in [0, 0.05) is 46.1 Å². The Balaban J connectivity index is 1.44. The van der Waals surface area contributed by atoms with Crippen LogP contribution >= 0.6 is 0 Å². The van der Waals surface area contributed by atoms with Gasteiger partial charge in [-0.1, -0.05) is 0 Å². The van der Waals surface area contributed by atoms with E-state index in [0.29, 0.717) is 25.4 Å². The van der Waals surface area contributed by atoms with Crippen LogP contribution in [0, 0.1) is 5.92 Å². The minimum atomic E-state index is 0.159. The average molecular weight is 345 g/mol. The van der Waals surface area contributed by atoms with Crippen molar-refractivity contribution in [2.45, 2.75) is 39.0 Å². The van der Waals surface area contributed by atoms with Crippen LogP contribution in [0.15, 0.2) is 12.1 Å². The molecular formula is C18H27N5O2. The lowest BCUT2D eigenvalue weighted by Crippen LogP contribution is -2.39. The molecule has 2 amide bonds. The lowest BCUT2D eigenvalue weighted by molar-refractivity contribution is -0.130. The number of likely N-dealkylation sites (tertiary alicyclic amines) is 2. The predicted octanol–water partition coefficient (Wildman–Crippen LogP) is 1.31. The molecule has 1 atom stereocenters. The van der Waals surface area contributed by atoms with Crippen molar-refractivity contribution in [3.63, 3.8) is 0 Å². The minimum Gasteiger partial charge on any atom is -0.367 e. The predicted molar refractivity (Wildman–Crippen MR) is 95.0 cm³/mol. The number of carbonyl (C=O) groups excluding carboxylic acids is 2. The number of rotatable bonds is 6. The van der Waals surface area contributed by atoms with Crippen LogP contribution in [0.1, 0.15) is 38.3 Å². The topological polar surface area (TPSA) is 78.4 Å². The third kappa shape index (κ3) is 4.90. The zero-order valence-corrected chi connectivity index (χ0v) is 14.9. The fraction of sp³-hybridized carbons (Fsp3) is 0.667. The number of anilines is 1. The van der Waals surface area contributed by atoms with E-state index in [1.807, 2.05) is 21.9 Å². The summed E-state index contributed by atoms with van der Waals surface area (Å²) in [6.45, 7) is 5.60. The zero-order chi connectivity index (χ0) is 17.6. The second-order valence-corrected chi connectivity index (χ2v) is 7.00. The number of carbonyl (C=O) groups is 2. The van der Waals surface area contributed by atoms with Crippen LogP contribution in [0.25, 0.3) is 0 Å². The third-order valence-electron chi connectivity index (χ3n) is 5.04. The monoisotopic (exact) mass is 345 g/mol. The summed E-state index contributed by atoms with van der Waals surface area (Å²) in [6, 6.07) is 3.95. The van der Waals surface area contributed by atoms with Gasteiger partial charge in [-0.2, -0.15) is 5.10 Å². The quantitative estimate of drug-likeness (QED) is 0.841. The van der Waals surface area contributed by atoms with Crippen molar-refractivity contribution in [2.24, 2.45) is 5.92 Å². The van der Waals surface area contributed by atoms with E-state index in [1.165, 1.54) is 0 Å². The van der Waals surface area contributed by atoms with E-state index in [2.05, 4.69) is 15.5 Å². The van der Waals surface area contributed by atoms with Crippen molar-refractivity contribution in [2.75, 3.05) is 38.0 Å². The Morgan fingerprint density at radius 2 is 2.16 bits per heavy atom. The van der Waals surface area contributed by atoms with E-state index in [9.17, 15) is 9.59 Å². The standard InChI is InChI=1S/C18H27N5O2/c1-14(24)23-10-2-4-15(13-23)12-16-6-7-17(21-20-16)19-8-11-22-9-3-5-18(22)25/h6-7,15H,2-5,8-13H2,1H3,(H,19,21)/t15-/m0/s1. The van der Waals surface area contributed by atoms with E-state index in [0.717, 1.165) is 56.8 Å². The normalized spacial score (nSPS) is 20.8. The smallest absolute Gasteiger partial charge is 0.222 e. The fourth-order valence-corrected chi connectivity index (χ4v) is 3.64. The minimum absolute atomic E-state index is 0.159. The number of hydrogen-bond acceptors (Lipinski definition) is 5. The summed E-state index contributed by atoms with van der Waals surface area (Å²) in [4.78, 5) is 26.9. The van der Waals surface area contributed by atoms with E-state index >= 15 is 0 Å². The van der Waals surface area contributed by atoms with E-state index in [4.69, 9.17) is 0 Å². The first-order valence-electron chi connectivity index (χ1n) is 9.21.